The van der Waals surface area contributed by atoms with Gasteiger partial charge in [-0.1, -0.05) is 30.3 Å². The van der Waals surface area contributed by atoms with Crippen LogP contribution in [-0.4, -0.2) is 27.7 Å². The summed E-state index contributed by atoms with van der Waals surface area (Å²) < 4.78 is 24.3. The lowest BCUT2D eigenvalue weighted by Crippen LogP contribution is -2.34. The largest absolute Gasteiger partial charge is 0.446 e. The monoisotopic (exact) mass is 411 g/mol. The van der Waals surface area contributed by atoms with E-state index < -0.39 is 36.1 Å². The highest BCUT2D eigenvalue weighted by Gasteiger charge is 2.31. The van der Waals surface area contributed by atoms with E-state index in [0.717, 1.165) is 17.5 Å². The maximum Gasteiger partial charge on any atom is 0.437 e. The first-order chi connectivity index (χ1) is 14.5. The second-order valence-corrected chi connectivity index (χ2v) is 6.90. The third-order valence-electron chi connectivity index (χ3n) is 4.49. The summed E-state index contributed by atoms with van der Waals surface area (Å²) in [6.07, 6.45) is 0.641. The van der Waals surface area contributed by atoms with Crippen LogP contribution in [0.1, 0.15) is 24.5 Å². The lowest BCUT2D eigenvalue weighted by Gasteiger charge is -2.17. The maximum atomic E-state index is 13.1. The molecule has 4 rings (SSSR count). The van der Waals surface area contributed by atoms with Crippen molar-refractivity contribution in [1.82, 2.24) is 15.1 Å². The molecule has 30 heavy (non-hydrogen) atoms. The first-order valence-electron chi connectivity index (χ1n) is 9.38. The summed E-state index contributed by atoms with van der Waals surface area (Å²) in [5.74, 6) is -2.61. The number of rotatable bonds is 7. The first-order valence-corrected chi connectivity index (χ1v) is 9.38. The highest BCUT2D eigenvalue weighted by Crippen LogP contribution is 2.23. The van der Waals surface area contributed by atoms with Crippen LogP contribution in [0.5, 0.6) is 0 Å². The van der Waals surface area contributed by atoms with Gasteiger partial charge in [-0.25, -0.2) is 9.18 Å². The Balaban J connectivity index is 1.48. The topological polar surface area (TPSA) is 103 Å². The van der Waals surface area contributed by atoms with E-state index in [-0.39, 0.29) is 11.9 Å². The van der Waals surface area contributed by atoms with Gasteiger partial charge in [0.05, 0.1) is 0 Å². The van der Waals surface area contributed by atoms with E-state index in [1.807, 2.05) is 0 Å². The van der Waals surface area contributed by atoms with Crippen molar-refractivity contribution in [2.75, 3.05) is 0 Å². The van der Waals surface area contributed by atoms with Crippen LogP contribution in [-0.2, 0) is 20.9 Å². The fourth-order valence-electron chi connectivity index (χ4n) is 2.81. The molecule has 154 valence electrons. The zero-order valence-electron chi connectivity index (χ0n) is 15.8. The van der Waals surface area contributed by atoms with Crippen molar-refractivity contribution in [2.24, 2.45) is 0 Å². The van der Waals surface area contributed by atoms with Crippen molar-refractivity contribution in [3.8, 4) is 11.5 Å². The Morgan fingerprint density at radius 2 is 1.87 bits per heavy atom. The molecule has 1 fully saturated rings. The van der Waals surface area contributed by atoms with Crippen molar-refractivity contribution in [3.63, 3.8) is 0 Å². The SMILES string of the molecule is O=C(Cn1nc(-c2ccc(F)cc2)oc1=O)OC(C(=O)NC1CC1)c1ccccc1. The summed E-state index contributed by atoms with van der Waals surface area (Å²) in [7, 11) is 0. The van der Waals surface area contributed by atoms with Crippen LogP contribution in [0, 0.1) is 5.82 Å². The number of benzene rings is 2. The Morgan fingerprint density at radius 1 is 1.17 bits per heavy atom. The fourth-order valence-corrected chi connectivity index (χ4v) is 2.81. The summed E-state index contributed by atoms with van der Waals surface area (Å²) in [5.41, 5.74) is 0.898. The Bertz CT molecular complexity index is 1100. The van der Waals surface area contributed by atoms with Crippen LogP contribution in [0.15, 0.2) is 63.8 Å². The van der Waals surface area contributed by atoms with Crippen molar-refractivity contribution < 1.29 is 23.1 Å². The van der Waals surface area contributed by atoms with Gasteiger partial charge in [0.25, 0.3) is 5.91 Å². The normalized spacial score (nSPS) is 14.2. The lowest BCUT2D eigenvalue weighted by atomic mass is 10.1. The second-order valence-electron chi connectivity index (χ2n) is 6.90. The van der Waals surface area contributed by atoms with Crippen molar-refractivity contribution in [1.29, 1.82) is 0 Å². The zero-order valence-corrected chi connectivity index (χ0v) is 15.8. The Morgan fingerprint density at radius 3 is 2.53 bits per heavy atom. The average molecular weight is 411 g/mol. The molecule has 1 amide bonds. The van der Waals surface area contributed by atoms with Crippen LogP contribution in [0.4, 0.5) is 4.39 Å². The molecule has 1 aliphatic carbocycles. The molecule has 1 N–H and O–H groups in total. The van der Waals surface area contributed by atoms with Gasteiger partial charge in [0.15, 0.2) is 0 Å². The summed E-state index contributed by atoms with van der Waals surface area (Å²) in [4.78, 5) is 37.0. The van der Waals surface area contributed by atoms with Gasteiger partial charge >= 0.3 is 11.7 Å². The van der Waals surface area contributed by atoms with Gasteiger partial charge in [-0.2, -0.15) is 4.68 Å². The molecule has 0 aliphatic heterocycles. The molecular formula is C21H18FN3O5. The average Bonchev–Trinajstić information content (AvgIpc) is 3.48. The third kappa shape index (κ3) is 4.62. The molecule has 1 heterocycles. The van der Waals surface area contributed by atoms with Gasteiger partial charge in [0.1, 0.15) is 12.4 Å². The number of carbonyl (C=O) groups is 2. The number of hydrogen-bond donors (Lipinski definition) is 1. The highest BCUT2D eigenvalue weighted by molar-refractivity contribution is 5.85. The Labute approximate surface area is 170 Å². The Hall–Kier alpha value is -3.75. The number of hydrogen-bond acceptors (Lipinski definition) is 6. The van der Waals surface area contributed by atoms with Crippen LogP contribution in [0.3, 0.4) is 0 Å². The van der Waals surface area contributed by atoms with Crippen LogP contribution >= 0.6 is 0 Å². The summed E-state index contributed by atoms with van der Waals surface area (Å²) in [6, 6.07) is 13.9. The summed E-state index contributed by atoms with van der Waals surface area (Å²) in [5, 5.41) is 6.76. The molecule has 3 aromatic rings. The molecule has 1 aromatic heterocycles. The third-order valence-corrected chi connectivity index (χ3v) is 4.49. The minimum atomic E-state index is -1.14. The van der Waals surface area contributed by atoms with E-state index in [4.69, 9.17) is 9.15 Å². The van der Waals surface area contributed by atoms with E-state index in [9.17, 15) is 18.8 Å². The molecule has 0 bridgehead atoms. The minimum absolute atomic E-state index is 0.0566. The molecule has 2 aromatic carbocycles. The zero-order chi connectivity index (χ0) is 21.1. The number of ether oxygens (including phenoxy) is 1. The van der Waals surface area contributed by atoms with Crippen molar-refractivity contribution in [2.45, 2.75) is 31.5 Å². The summed E-state index contributed by atoms with van der Waals surface area (Å²) in [6.45, 7) is -0.538. The maximum absolute atomic E-state index is 13.1. The molecule has 1 saturated carbocycles. The van der Waals surface area contributed by atoms with E-state index in [2.05, 4.69) is 10.4 Å². The van der Waals surface area contributed by atoms with E-state index in [1.54, 1.807) is 30.3 Å². The first kappa shape index (κ1) is 19.6. The van der Waals surface area contributed by atoms with Crippen LogP contribution in [0.2, 0.25) is 0 Å². The molecule has 1 unspecified atom stereocenters. The van der Waals surface area contributed by atoms with Crippen LogP contribution in [0.25, 0.3) is 11.5 Å². The quantitative estimate of drug-likeness (QED) is 0.598. The van der Waals surface area contributed by atoms with Gasteiger partial charge < -0.3 is 14.5 Å². The molecule has 0 spiro atoms. The molecule has 1 atom stereocenters. The number of amides is 1. The highest BCUT2D eigenvalue weighted by atomic mass is 19.1. The predicted molar refractivity (Wildman–Crippen MR) is 103 cm³/mol. The van der Waals surface area contributed by atoms with Crippen molar-refractivity contribution >= 4 is 11.9 Å². The number of carbonyl (C=O) groups excluding carboxylic acids is 2. The minimum Gasteiger partial charge on any atom is -0.446 e. The van der Waals surface area contributed by atoms with Crippen molar-refractivity contribution in [3.05, 3.63) is 76.5 Å². The smallest absolute Gasteiger partial charge is 0.437 e. The standard InChI is InChI=1S/C21H18FN3O5/c22-15-8-6-14(7-9-15)20-24-25(21(28)30-20)12-17(26)29-18(13-4-2-1-3-5-13)19(27)23-16-10-11-16/h1-9,16,18H,10-12H2,(H,23,27). The number of esters is 1. The lowest BCUT2D eigenvalue weighted by molar-refractivity contribution is -0.157. The number of nitrogens with one attached hydrogen (secondary N) is 1. The van der Waals surface area contributed by atoms with Gasteiger partial charge in [-0.05, 0) is 37.1 Å². The van der Waals surface area contributed by atoms with Crippen LogP contribution < -0.4 is 11.1 Å². The molecule has 0 saturated heterocycles. The van der Waals surface area contributed by atoms with E-state index in [0.29, 0.717) is 11.1 Å². The number of aromatic nitrogens is 2. The molecular weight excluding hydrogens is 393 g/mol. The number of halogens is 1. The van der Waals surface area contributed by atoms with E-state index in [1.165, 1.54) is 24.3 Å². The van der Waals surface area contributed by atoms with Gasteiger partial charge in [-0.3, -0.25) is 9.59 Å². The van der Waals surface area contributed by atoms with E-state index >= 15 is 0 Å². The Kier molecular flexibility index (Phi) is 5.42. The molecule has 8 nitrogen and oxygen atoms in total. The molecule has 1 aliphatic rings. The van der Waals surface area contributed by atoms with Gasteiger partial charge in [-0.15, -0.1) is 5.10 Å². The number of nitrogens with zero attached hydrogens (tertiary/aromatic N) is 2. The second kappa shape index (κ2) is 8.32. The van der Waals surface area contributed by atoms with Gasteiger partial charge in [0.2, 0.25) is 12.0 Å². The fraction of sp³-hybridized carbons (Fsp3) is 0.238. The molecule has 9 heteroatoms. The molecule has 0 radical (unpaired) electrons. The summed E-state index contributed by atoms with van der Waals surface area (Å²) >= 11 is 0. The van der Waals surface area contributed by atoms with Gasteiger partial charge in [0, 0.05) is 17.2 Å². The predicted octanol–water partition coefficient (Wildman–Crippen LogP) is 2.21.